The van der Waals surface area contributed by atoms with E-state index in [0.29, 0.717) is 102 Å². The van der Waals surface area contributed by atoms with E-state index in [-0.39, 0.29) is 66.9 Å². The fourth-order valence-corrected chi connectivity index (χ4v) is 9.32. The molecule has 6 amide bonds. The van der Waals surface area contributed by atoms with Gasteiger partial charge in [0.05, 0.1) is 17.6 Å². The van der Waals surface area contributed by atoms with E-state index in [1.165, 1.54) is 18.2 Å². The average Bonchev–Trinajstić information content (AvgIpc) is 3.40. The number of hydrogen-bond donors (Lipinski definition) is 11. The molecule has 0 spiro atoms. The first-order valence-electron chi connectivity index (χ1n) is 26.3. The second-order valence-corrected chi connectivity index (χ2v) is 19.8. The molecule has 20 heteroatoms. The van der Waals surface area contributed by atoms with Gasteiger partial charge in [0.15, 0.2) is 11.6 Å². The lowest BCUT2D eigenvalue weighted by Crippen LogP contribution is -2.46. The summed E-state index contributed by atoms with van der Waals surface area (Å²) in [4.78, 5) is 116. The summed E-state index contributed by atoms with van der Waals surface area (Å²) in [6, 6.07) is 17.6. The number of unbranched alkanes of at least 4 members (excludes halogenated alkanes) is 3. The van der Waals surface area contributed by atoms with Gasteiger partial charge >= 0.3 is 5.97 Å². The molecule has 0 saturated carbocycles. The topological polar surface area (TPSA) is 364 Å². The molecular weight excluding hydrogens is 985 g/mol. The zero-order valence-electron chi connectivity index (χ0n) is 44.1. The zero-order chi connectivity index (χ0) is 56.3. The number of benzene rings is 4. The minimum atomic E-state index is -1.10. The third-order valence-corrected chi connectivity index (χ3v) is 14.1. The molecule has 6 rings (SSSR count). The van der Waals surface area contributed by atoms with Crippen molar-refractivity contribution >= 4 is 81.4 Å². The van der Waals surface area contributed by atoms with E-state index >= 15 is 0 Å². The van der Waals surface area contributed by atoms with Gasteiger partial charge in [0.25, 0.3) is 11.8 Å². The first-order valence-corrected chi connectivity index (χ1v) is 26.3. The summed E-state index contributed by atoms with van der Waals surface area (Å²) in [5, 5.41) is 23.9. The number of primary amides is 2. The molecule has 4 aromatic carbocycles. The molecule has 2 aliphatic rings. The summed E-state index contributed by atoms with van der Waals surface area (Å²) in [5.74, 6) is -6.17. The van der Waals surface area contributed by atoms with Crippen LogP contribution in [0.25, 0.3) is 0 Å². The summed E-state index contributed by atoms with van der Waals surface area (Å²) >= 11 is 0. The van der Waals surface area contributed by atoms with Gasteiger partial charge in [-0.2, -0.15) is 0 Å². The van der Waals surface area contributed by atoms with Gasteiger partial charge in [0.2, 0.25) is 23.6 Å². The molecule has 0 fully saturated rings. The second kappa shape index (κ2) is 28.7. The second-order valence-electron chi connectivity index (χ2n) is 19.8. The molecule has 2 heterocycles. The first-order chi connectivity index (χ1) is 36.7. The first kappa shape index (κ1) is 59.7. The largest absolute Gasteiger partial charge is 0.481 e. The molecule has 16 N–H and O–H groups in total. The van der Waals surface area contributed by atoms with Crippen LogP contribution < -0.4 is 55.3 Å². The van der Waals surface area contributed by atoms with E-state index in [1.54, 1.807) is 54.6 Å². The molecule has 1 unspecified atom stereocenters. The number of fused-ring (bicyclic) bond motifs is 4. The van der Waals surface area contributed by atoms with Crippen molar-refractivity contribution in [2.75, 3.05) is 34.0 Å². The quantitative estimate of drug-likeness (QED) is 0.0480. The van der Waals surface area contributed by atoms with Crippen LogP contribution in [0, 0.1) is 17.8 Å². The Morgan fingerprint density at radius 2 is 1.16 bits per heavy atom. The van der Waals surface area contributed by atoms with E-state index < -0.39 is 59.3 Å². The highest BCUT2D eigenvalue weighted by Crippen LogP contribution is 2.29. The number of nitrogens with two attached hydrogens (primary N) is 5. The molecular formula is C57H74N10O10. The summed E-state index contributed by atoms with van der Waals surface area (Å²) < 4.78 is 0. The average molecular weight is 1060 g/mol. The highest BCUT2D eigenvalue weighted by Gasteiger charge is 2.33. The monoisotopic (exact) mass is 1060 g/mol. The highest BCUT2D eigenvalue weighted by atomic mass is 16.4. The molecule has 5 atom stereocenters. The van der Waals surface area contributed by atoms with Crippen molar-refractivity contribution in [3.05, 3.63) is 112 Å². The van der Waals surface area contributed by atoms with E-state index in [9.17, 15) is 48.3 Å². The van der Waals surface area contributed by atoms with Gasteiger partial charge in [-0.3, -0.25) is 43.2 Å². The maximum atomic E-state index is 13.6. The predicted molar refractivity (Wildman–Crippen MR) is 296 cm³/mol. The highest BCUT2D eigenvalue weighted by molar-refractivity contribution is 6.05. The standard InChI is InChI=1S/C29H36N4O6.C28H38N6O4/c1-2-3-4-5-20-15-25(34)23(12-13-26(35)36)32-29(39)22-16-21(30)11-10-17(22)6-7-18-8-9-19(27(31)37)14-24(18)33-28(20)38;1-3-16(2)25-24(35)13-18(6-4-5-11-29)27(37)33-23-12-17(26(31)36)7-8-19(23)15-32-22-10-9-20(30)14-21(22)28(38)34-25/h8-11,14,16,20,23H,2-7,12-13,15,30H2,1H3,(H2,31,37)(H,32,39)(H,33,38)(H,35,36);7-10,12,14,16,18,25,32H,3-6,11,13,15,29-30H2,1-2H3,(H2,31,36)(H,33,37)(H,34,38)/t20-,23?;16-,18+,25-/m10/s1. The lowest BCUT2D eigenvalue weighted by atomic mass is 9.87. The third kappa shape index (κ3) is 17.2. The number of aliphatic carboxylic acids is 1. The Kier molecular flexibility index (Phi) is 22.3. The van der Waals surface area contributed by atoms with Crippen LogP contribution in [-0.4, -0.2) is 76.7 Å². The Morgan fingerprint density at radius 1 is 0.623 bits per heavy atom. The number of nitrogens with one attached hydrogen (secondary N) is 5. The van der Waals surface area contributed by atoms with Crippen molar-refractivity contribution in [2.24, 2.45) is 35.0 Å². The normalized spacial score (nSPS) is 18.7. The predicted octanol–water partition coefficient (Wildman–Crippen LogP) is 6.00. The number of carboxylic acid groups (broad SMARTS) is 1. The maximum absolute atomic E-state index is 13.6. The minimum Gasteiger partial charge on any atom is -0.481 e. The number of carbonyl (C=O) groups is 9. The van der Waals surface area contributed by atoms with Crippen LogP contribution in [0.5, 0.6) is 0 Å². The van der Waals surface area contributed by atoms with Gasteiger partial charge in [-0.1, -0.05) is 71.1 Å². The Labute approximate surface area is 448 Å². The van der Waals surface area contributed by atoms with Crippen LogP contribution >= 0.6 is 0 Å². The minimum absolute atomic E-state index is 0.0431. The van der Waals surface area contributed by atoms with Crippen LogP contribution in [0.4, 0.5) is 28.4 Å². The van der Waals surface area contributed by atoms with E-state index in [2.05, 4.69) is 26.6 Å². The molecule has 0 aromatic heterocycles. The van der Waals surface area contributed by atoms with Crippen molar-refractivity contribution in [2.45, 2.75) is 129 Å². The van der Waals surface area contributed by atoms with Gasteiger partial charge in [-0.15, -0.1) is 0 Å². The SMILES string of the molecule is CCCCC[C@@H]1CC(=O)C(CCC(=O)O)NC(=O)c2cc(N)ccc2CCc2ccc(C(N)=O)cc2NC1=O.CC[C@H](C)[C@@H]1NC(=O)c2cc(N)ccc2NCc2ccc(C(N)=O)cc2NC(=O)[C@H](CCCCN)CC1=O. The van der Waals surface area contributed by atoms with Gasteiger partial charge < -0.3 is 60.4 Å². The number of carboxylic acids is 1. The zero-order valence-corrected chi connectivity index (χ0v) is 44.1. The Morgan fingerprint density at radius 3 is 1.74 bits per heavy atom. The van der Waals surface area contributed by atoms with Gasteiger partial charge in [-0.05, 0) is 122 Å². The molecule has 412 valence electrons. The van der Waals surface area contributed by atoms with E-state index in [4.69, 9.17) is 28.7 Å². The maximum Gasteiger partial charge on any atom is 0.303 e. The van der Waals surface area contributed by atoms with Crippen molar-refractivity contribution in [1.82, 2.24) is 10.6 Å². The molecule has 0 saturated heterocycles. The molecule has 2 aliphatic heterocycles. The number of Topliss-reactive ketones (excluding diaryl/α,β-unsaturated/α-hetero) is 2. The number of hydrogen-bond acceptors (Lipinski definition) is 13. The van der Waals surface area contributed by atoms with Crippen LogP contribution in [0.3, 0.4) is 0 Å². The van der Waals surface area contributed by atoms with Gasteiger partial charge in [0.1, 0.15) is 0 Å². The summed E-state index contributed by atoms with van der Waals surface area (Å²) in [5.41, 5.74) is 33.9. The molecule has 0 radical (unpaired) electrons. The van der Waals surface area contributed by atoms with E-state index in [0.717, 1.165) is 24.8 Å². The number of carbonyl (C=O) groups excluding carboxylic acids is 8. The lowest BCUT2D eigenvalue weighted by molar-refractivity contribution is -0.137. The smallest absolute Gasteiger partial charge is 0.303 e. The van der Waals surface area contributed by atoms with Crippen LogP contribution in [0.2, 0.25) is 0 Å². The number of amides is 6. The molecule has 77 heavy (non-hydrogen) atoms. The number of ketones is 2. The van der Waals surface area contributed by atoms with Crippen molar-refractivity contribution in [3.63, 3.8) is 0 Å². The Balaban J connectivity index is 0.000000284. The summed E-state index contributed by atoms with van der Waals surface area (Å²) in [6.07, 6.45) is 5.64. The van der Waals surface area contributed by atoms with Crippen molar-refractivity contribution in [3.8, 4) is 0 Å². The van der Waals surface area contributed by atoms with Crippen LogP contribution in [0.15, 0.2) is 72.8 Å². The van der Waals surface area contributed by atoms with Crippen LogP contribution in [-0.2, 0) is 43.4 Å². The Bertz CT molecular complexity index is 2830. The fraction of sp³-hybridized carbons (Fsp3) is 0.421. The number of rotatable bonds is 15. The van der Waals surface area contributed by atoms with Gasteiger partial charge in [-0.25, -0.2) is 0 Å². The van der Waals surface area contributed by atoms with E-state index in [1.807, 2.05) is 20.8 Å². The van der Waals surface area contributed by atoms with Crippen molar-refractivity contribution in [1.29, 1.82) is 0 Å². The van der Waals surface area contributed by atoms with Gasteiger partial charge in [0, 0.05) is 82.8 Å². The Hall–Kier alpha value is -8.13. The van der Waals surface area contributed by atoms with Crippen LogP contribution in [0.1, 0.15) is 156 Å². The number of aryl methyl sites for hydroxylation is 2. The molecule has 0 bridgehead atoms. The summed E-state index contributed by atoms with van der Waals surface area (Å²) in [6.45, 7) is 6.59. The summed E-state index contributed by atoms with van der Waals surface area (Å²) in [7, 11) is 0. The fourth-order valence-electron chi connectivity index (χ4n) is 9.32. The third-order valence-electron chi connectivity index (χ3n) is 14.1. The number of nitrogen functional groups attached to an aromatic ring is 2. The molecule has 0 aliphatic carbocycles. The lowest BCUT2D eigenvalue weighted by Gasteiger charge is -2.27. The number of anilines is 5. The molecule has 20 nitrogen and oxygen atoms in total. The van der Waals surface area contributed by atoms with Crippen molar-refractivity contribution < 1.29 is 48.3 Å². The molecule has 4 aromatic rings.